The van der Waals surface area contributed by atoms with E-state index in [1.54, 1.807) is 0 Å². The van der Waals surface area contributed by atoms with Crippen molar-refractivity contribution in [1.29, 1.82) is 0 Å². The highest BCUT2D eigenvalue weighted by Crippen LogP contribution is 2.45. The third-order valence-electron chi connectivity index (χ3n) is 4.22. The summed E-state index contributed by atoms with van der Waals surface area (Å²) in [7, 11) is 0. The second kappa shape index (κ2) is 5.71. The van der Waals surface area contributed by atoms with E-state index in [9.17, 15) is 0 Å². The second-order valence-corrected chi connectivity index (χ2v) is 7.38. The molecule has 2 aromatic heterocycles. The maximum atomic E-state index is 2.40. The van der Waals surface area contributed by atoms with E-state index in [0.29, 0.717) is 0 Å². The smallest absolute Gasteiger partial charge is 0.0607 e. The van der Waals surface area contributed by atoms with Gasteiger partial charge in [0.1, 0.15) is 0 Å². The molecule has 0 spiro atoms. The molecule has 0 amide bonds. The van der Waals surface area contributed by atoms with Gasteiger partial charge < -0.3 is 0 Å². The predicted octanol–water partition coefficient (Wildman–Crippen LogP) is 6.14. The van der Waals surface area contributed by atoms with Gasteiger partial charge >= 0.3 is 0 Å². The van der Waals surface area contributed by atoms with Crippen molar-refractivity contribution in [3.8, 4) is 0 Å². The molecule has 0 radical (unpaired) electrons. The van der Waals surface area contributed by atoms with Crippen molar-refractivity contribution in [2.45, 2.75) is 11.8 Å². The zero-order valence-corrected chi connectivity index (χ0v) is 13.7. The maximum absolute atomic E-state index is 2.40. The minimum absolute atomic E-state index is 0.0145. The summed E-state index contributed by atoms with van der Waals surface area (Å²) in [6.45, 7) is 0. The van der Waals surface area contributed by atoms with Gasteiger partial charge in [0.05, 0.1) is 5.41 Å². The summed E-state index contributed by atoms with van der Waals surface area (Å²) < 4.78 is 0. The summed E-state index contributed by atoms with van der Waals surface area (Å²) in [5.74, 6) is 0. The van der Waals surface area contributed by atoms with Crippen LogP contribution in [0.2, 0.25) is 0 Å². The zero-order valence-electron chi connectivity index (χ0n) is 12.1. The molecule has 1 aliphatic carbocycles. The van der Waals surface area contributed by atoms with E-state index in [-0.39, 0.29) is 5.41 Å². The van der Waals surface area contributed by atoms with Crippen LogP contribution in [-0.2, 0) is 5.41 Å². The Labute approximate surface area is 139 Å². The predicted molar refractivity (Wildman–Crippen MR) is 97.6 cm³/mol. The third kappa shape index (κ3) is 2.29. The Morgan fingerprint density at radius 3 is 1.95 bits per heavy atom. The van der Waals surface area contributed by atoms with Gasteiger partial charge in [0, 0.05) is 9.75 Å². The topological polar surface area (TPSA) is 0 Å². The monoisotopic (exact) mass is 320 g/mol. The number of benzene rings is 1. The molecule has 1 aromatic carbocycles. The van der Waals surface area contributed by atoms with E-state index in [1.165, 1.54) is 20.9 Å². The molecule has 0 aliphatic heterocycles. The van der Waals surface area contributed by atoms with Crippen molar-refractivity contribution in [2.75, 3.05) is 0 Å². The van der Waals surface area contributed by atoms with Gasteiger partial charge in [-0.3, -0.25) is 0 Å². The van der Waals surface area contributed by atoms with E-state index < -0.39 is 0 Å². The highest BCUT2D eigenvalue weighted by Gasteiger charge is 2.34. The van der Waals surface area contributed by atoms with Crippen molar-refractivity contribution in [2.24, 2.45) is 0 Å². The first-order valence-electron chi connectivity index (χ1n) is 7.41. The van der Waals surface area contributed by atoms with Crippen LogP contribution in [0.15, 0.2) is 83.6 Å². The molecule has 2 heteroatoms. The number of allylic oxidation sites excluding steroid dienone is 4. The highest BCUT2D eigenvalue weighted by atomic mass is 32.1. The average molecular weight is 320 g/mol. The molecule has 0 nitrogen and oxygen atoms in total. The van der Waals surface area contributed by atoms with E-state index in [0.717, 1.165) is 6.42 Å². The average Bonchev–Trinajstić information content (AvgIpc) is 3.30. The van der Waals surface area contributed by atoms with E-state index in [1.807, 2.05) is 22.7 Å². The summed E-state index contributed by atoms with van der Waals surface area (Å²) >= 11 is 3.70. The number of hydrogen-bond donors (Lipinski definition) is 0. The van der Waals surface area contributed by atoms with Gasteiger partial charge in [-0.05, 0) is 40.5 Å². The first-order chi connectivity index (χ1) is 10.9. The van der Waals surface area contributed by atoms with Crippen LogP contribution in [0.5, 0.6) is 0 Å². The molecule has 0 saturated heterocycles. The van der Waals surface area contributed by atoms with Gasteiger partial charge in [-0.2, -0.15) is 0 Å². The Balaban J connectivity index is 1.75. The van der Waals surface area contributed by atoms with Crippen LogP contribution >= 0.6 is 22.7 Å². The van der Waals surface area contributed by atoms with Crippen molar-refractivity contribution in [1.82, 2.24) is 0 Å². The molecule has 1 aliphatic rings. The molecule has 0 fully saturated rings. The number of rotatable bonds is 3. The van der Waals surface area contributed by atoms with Gasteiger partial charge in [-0.1, -0.05) is 60.7 Å². The van der Waals surface area contributed by atoms with Crippen LogP contribution in [0.3, 0.4) is 0 Å². The molecule has 0 atom stereocenters. The van der Waals surface area contributed by atoms with Crippen LogP contribution in [0, 0.1) is 0 Å². The van der Waals surface area contributed by atoms with E-state index in [2.05, 4.69) is 83.6 Å². The zero-order chi connectivity index (χ0) is 14.8. The van der Waals surface area contributed by atoms with Gasteiger partial charge in [0.15, 0.2) is 0 Å². The number of thiophene rings is 2. The van der Waals surface area contributed by atoms with Crippen molar-refractivity contribution in [3.05, 3.63) is 98.9 Å². The van der Waals surface area contributed by atoms with Crippen molar-refractivity contribution in [3.63, 3.8) is 0 Å². The lowest BCUT2D eigenvalue weighted by molar-refractivity contribution is 0.678. The fraction of sp³-hybridized carbons (Fsp3) is 0.100. The van der Waals surface area contributed by atoms with Crippen molar-refractivity contribution >= 4 is 28.2 Å². The highest BCUT2D eigenvalue weighted by molar-refractivity contribution is 7.11. The lowest BCUT2D eigenvalue weighted by atomic mass is 9.76. The van der Waals surface area contributed by atoms with Gasteiger partial charge in [-0.25, -0.2) is 0 Å². The molecule has 3 aromatic rings. The van der Waals surface area contributed by atoms with Gasteiger partial charge in [-0.15, -0.1) is 22.7 Å². The Morgan fingerprint density at radius 1 is 0.773 bits per heavy atom. The van der Waals surface area contributed by atoms with Crippen molar-refractivity contribution < 1.29 is 0 Å². The Kier molecular flexibility index (Phi) is 3.57. The quantitative estimate of drug-likeness (QED) is 0.544. The molecule has 4 rings (SSSR count). The normalized spacial score (nSPS) is 16.5. The first kappa shape index (κ1) is 13.7. The molecule has 22 heavy (non-hydrogen) atoms. The van der Waals surface area contributed by atoms with E-state index in [4.69, 9.17) is 0 Å². The molecule has 0 saturated carbocycles. The lowest BCUT2D eigenvalue weighted by Gasteiger charge is -2.31. The molecule has 0 unspecified atom stereocenters. The summed E-state index contributed by atoms with van der Waals surface area (Å²) in [6, 6.07) is 19.5. The number of hydrogen-bond acceptors (Lipinski definition) is 2. The lowest BCUT2D eigenvalue weighted by Crippen LogP contribution is -2.23. The Hall–Kier alpha value is -1.90. The van der Waals surface area contributed by atoms with Crippen LogP contribution in [-0.4, -0.2) is 0 Å². The fourth-order valence-electron chi connectivity index (χ4n) is 3.04. The Morgan fingerprint density at radius 2 is 1.45 bits per heavy atom. The van der Waals surface area contributed by atoms with Crippen LogP contribution in [0.1, 0.15) is 21.7 Å². The Bertz CT molecular complexity index is 757. The summed E-state index contributed by atoms with van der Waals surface area (Å²) in [5, 5.41) is 4.35. The maximum Gasteiger partial charge on any atom is 0.0607 e. The largest absolute Gasteiger partial charge is 0.148 e. The summed E-state index contributed by atoms with van der Waals surface area (Å²) in [6.07, 6.45) is 8.09. The first-order valence-corrected chi connectivity index (χ1v) is 9.17. The van der Waals surface area contributed by atoms with Crippen LogP contribution in [0.4, 0.5) is 0 Å². The molecule has 0 bridgehead atoms. The van der Waals surface area contributed by atoms with Gasteiger partial charge in [0.25, 0.3) is 0 Å². The van der Waals surface area contributed by atoms with Crippen LogP contribution in [0.25, 0.3) is 5.57 Å². The van der Waals surface area contributed by atoms with Gasteiger partial charge in [0.2, 0.25) is 0 Å². The van der Waals surface area contributed by atoms with E-state index >= 15 is 0 Å². The molecule has 2 heterocycles. The van der Waals surface area contributed by atoms with Crippen LogP contribution < -0.4 is 0 Å². The summed E-state index contributed by atoms with van der Waals surface area (Å²) in [5.41, 5.74) is 2.63. The molecular weight excluding hydrogens is 304 g/mol. The third-order valence-corrected chi connectivity index (χ3v) is 6.32. The fourth-order valence-corrected chi connectivity index (χ4v) is 4.97. The molecule has 108 valence electrons. The second-order valence-electron chi connectivity index (χ2n) is 5.49. The SMILES string of the molecule is C1=CC(c2cccs2)(c2cccs2)CC=C1c1ccccc1. The standard InChI is InChI=1S/C20H16S2/c1-2-6-16(7-3-1)17-10-12-20(13-11-17,18-8-4-14-21-18)19-9-5-15-22-19/h1-12,14-15H,13H2. The molecular formula is C20H16S2. The minimum atomic E-state index is 0.0145. The molecule has 0 N–H and O–H groups in total. The summed E-state index contributed by atoms with van der Waals surface area (Å²) in [4.78, 5) is 2.85. The minimum Gasteiger partial charge on any atom is -0.148 e.